The van der Waals surface area contributed by atoms with Gasteiger partial charge in [-0.2, -0.15) is 4.48 Å². The van der Waals surface area contributed by atoms with E-state index in [1.54, 1.807) is 6.20 Å². The molecule has 2 aliphatic heterocycles. The van der Waals surface area contributed by atoms with E-state index < -0.39 is 40.3 Å². The number of amides is 4. The third-order valence-corrected chi connectivity index (χ3v) is 5.97. The van der Waals surface area contributed by atoms with Gasteiger partial charge in [0.05, 0.1) is 12.9 Å². The van der Waals surface area contributed by atoms with Crippen LogP contribution in [0, 0.1) is 5.92 Å². The molecule has 2 saturated heterocycles. The summed E-state index contributed by atoms with van der Waals surface area (Å²) in [5.41, 5.74) is 12.4. The zero-order valence-electron chi connectivity index (χ0n) is 15.9. The van der Waals surface area contributed by atoms with Crippen LogP contribution in [0.3, 0.4) is 0 Å². The standard InChI is InChI=1S/C18H26N6O4/c1-2-10-6-14(25)23-15(10)18(28)24(5-3-4-13(24)16(20)26)17(27)12(19)7-11-8-21-9-22-11/h8-10,12-13,15H,2-7,19H2,1H3,(H3-,20,21,22,23,25,26)/p+1/t10?,12-,13-,15-,24?/m0/s1. The largest absolute Gasteiger partial charge is 0.364 e. The van der Waals surface area contributed by atoms with Gasteiger partial charge in [0.2, 0.25) is 5.91 Å². The van der Waals surface area contributed by atoms with E-state index in [0.717, 1.165) is 0 Å². The summed E-state index contributed by atoms with van der Waals surface area (Å²) in [6, 6.07) is -2.80. The van der Waals surface area contributed by atoms with Crippen molar-refractivity contribution in [3.8, 4) is 0 Å². The average Bonchev–Trinajstić information content (AvgIpc) is 3.39. The molecule has 0 bridgehead atoms. The van der Waals surface area contributed by atoms with Gasteiger partial charge in [0.1, 0.15) is 12.1 Å². The summed E-state index contributed by atoms with van der Waals surface area (Å²) in [7, 11) is 0. The van der Waals surface area contributed by atoms with Crippen LogP contribution in [0.1, 0.15) is 38.3 Å². The molecule has 28 heavy (non-hydrogen) atoms. The Morgan fingerprint density at radius 1 is 1.39 bits per heavy atom. The van der Waals surface area contributed by atoms with Crippen LogP contribution in [0.2, 0.25) is 0 Å². The van der Waals surface area contributed by atoms with Crippen molar-refractivity contribution in [1.82, 2.24) is 15.3 Å². The lowest BCUT2D eigenvalue weighted by atomic mass is 9.94. The van der Waals surface area contributed by atoms with Crippen molar-refractivity contribution in [3.05, 3.63) is 18.2 Å². The predicted octanol–water partition coefficient (Wildman–Crippen LogP) is -1.29. The van der Waals surface area contributed by atoms with Gasteiger partial charge in [-0.1, -0.05) is 13.3 Å². The Kier molecular flexibility index (Phi) is 5.61. The first kappa shape index (κ1) is 20.2. The summed E-state index contributed by atoms with van der Waals surface area (Å²) in [5.74, 6) is -2.18. The molecule has 0 saturated carbocycles. The second-order valence-electron chi connectivity index (χ2n) is 7.63. The number of nitrogens with one attached hydrogen (secondary N) is 2. The van der Waals surface area contributed by atoms with Gasteiger partial charge in [-0.15, -0.1) is 0 Å². The maximum atomic E-state index is 13.6. The fourth-order valence-electron chi connectivity index (χ4n) is 4.52. The molecule has 10 heteroatoms. The molecule has 0 spiro atoms. The summed E-state index contributed by atoms with van der Waals surface area (Å²) >= 11 is 0. The lowest BCUT2D eigenvalue weighted by Gasteiger charge is -2.37. The number of likely N-dealkylation sites (tertiary alicyclic amines) is 1. The Morgan fingerprint density at radius 3 is 2.75 bits per heavy atom. The Morgan fingerprint density at radius 2 is 2.14 bits per heavy atom. The number of carbonyl (C=O) groups is 4. The topological polar surface area (TPSA) is 161 Å². The third kappa shape index (κ3) is 3.33. The van der Waals surface area contributed by atoms with Crippen molar-refractivity contribution < 1.29 is 23.7 Å². The predicted molar refractivity (Wildman–Crippen MR) is 98.0 cm³/mol. The average molecular weight is 391 g/mol. The number of hydrogen-bond acceptors (Lipinski definition) is 6. The number of H-pyrrole nitrogens is 1. The molecule has 0 aromatic carbocycles. The molecule has 0 radical (unpaired) electrons. The van der Waals surface area contributed by atoms with Gasteiger partial charge in [-0.25, -0.2) is 14.6 Å². The van der Waals surface area contributed by atoms with Crippen LogP contribution in [0.5, 0.6) is 0 Å². The molecule has 1 aromatic rings. The second kappa shape index (κ2) is 7.80. The van der Waals surface area contributed by atoms with E-state index in [1.807, 2.05) is 6.92 Å². The van der Waals surface area contributed by atoms with Gasteiger partial charge in [-0.3, -0.25) is 9.59 Å². The Balaban J connectivity index is 1.96. The maximum Gasteiger partial charge on any atom is 0.344 e. The molecular formula is C18H27N6O4+. The van der Waals surface area contributed by atoms with Gasteiger partial charge in [0, 0.05) is 43.5 Å². The molecule has 4 amide bonds. The third-order valence-electron chi connectivity index (χ3n) is 5.97. The highest BCUT2D eigenvalue weighted by atomic mass is 16.2. The van der Waals surface area contributed by atoms with E-state index >= 15 is 0 Å². The van der Waals surface area contributed by atoms with Gasteiger partial charge < -0.3 is 21.8 Å². The number of quaternary nitrogens is 1. The maximum absolute atomic E-state index is 13.6. The van der Waals surface area contributed by atoms with Gasteiger partial charge in [0.25, 0.3) is 5.91 Å². The number of rotatable bonds is 6. The minimum absolute atomic E-state index is 0.157. The van der Waals surface area contributed by atoms with Crippen molar-refractivity contribution in [3.63, 3.8) is 0 Å². The first-order valence-electron chi connectivity index (χ1n) is 9.59. The molecule has 2 unspecified atom stereocenters. The molecule has 2 fully saturated rings. The van der Waals surface area contributed by atoms with Gasteiger partial charge >= 0.3 is 11.8 Å². The Bertz CT molecular complexity index is 779. The molecular weight excluding hydrogens is 364 g/mol. The second-order valence-corrected chi connectivity index (χ2v) is 7.63. The number of nitrogens with two attached hydrogens (primary N) is 2. The number of primary amides is 1. The fraction of sp³-hybridized carbons (Fsp3) is 0.611. The van der Waals surface area contributed by atoms with Crippen LogP contribution in [0.25, 0.3) is 0 Å². The minimum Gasteiger partial charge on any atom is -0.364 e. The highest BCUT2D eigenvalue weighted by Crippen LogP contribution is 2.33. The summed E-state index contributed by atoms with van der Waals surface area (Å²) in [4.78, 5) is 57.9. The Hall–Kier alpha value is -2.59. The normalized spacial score (nSPS) is 30.8. The molecule has 3 heterocycles. The van der Waals surface area contributed by atoms with Crippen molar-refractivity contribution in [2.75, 3.05) is 6.54 Å². The number of imidazole rings is 1. The summed E-state index contributed by atoms with van der Waals surface area (Å²) in [6.07, 6.45) is 4.85. The number of hydrogen-bond donors (Lipinski definition) is 4. The van der Waals surface area contributed by atoms with E-state index in [2.05, 4.69) is 15.3 Å². The summed E-state index contributed by atoms with van der Waals surface area (Å²) < 4.78 is -0.716. The highest BCUT2D eigenvalue weighted by molar-refractivity contribution is 5.97. The monoisotopic (exact) mass is 391 g/mol. The molecule has 5 atom stereocenters. The molecule has 2 aliphatic rings. The van der Waals surface area contributed by atoms with Gasteiger partial charge in [0.15, 0.2) is 6.04 Å². The first-order chi connectivity index (χ1) is 13.3. The zero-order valence-corrected chi connectivity index (χ0v) is 15.9. The van der Waals surface area contributed by atoms with Gasteiger partial charge in [-0.05, 0) is 0 Å². The van der Waals surface area contributed by atoms with E-state index in [4.69, 9.17) is 11.5 Å². The summed E-state index contributed by atoms with van der Waals surface area (Å²) in [5, 5.41) is 2.69. The molecule has 3 rings (SSSR count). The number of aromatic amines is 1. The first-order valence-corrected chi connectivity index (χ1v) is 9.59. The van der Waals surface area contributed by atoms with Crippen molar-refractivity contribution in [2.45, 2.75) is 57.2 Å². The molecule has 0 aliphatic carbocycles. The van der Waals surface area contributed by atoms with Crippen molar-refractivity contribution >= 4 is 23.6 Å². The van der Waals surface area contributed by atoms with Crippen LogP contribution in [0.15, 0.2) is 12.5 Å². The van der Waals surface area contributed by atoms with Crippen LogP contribution in [-0.4, -0.2) is 62.7 Å². The fourth-order valence-corrected chi connectivity index (χ4v) is 4.52. The number of aromatic nitrogens is 2. The quantitative estimate of drug-likeness (QED) is 0.441. The number of imide groups is 1. The van der Waals surface area contributed by atoms with Crippen molar-refractivity contribution in [1.29, 1.82) is 0 Å². The summed E-state index contributed by atoms with van der Waals surface area (Å²) in [6.45, 7) is 2.04. The van der Waals surface area contributed by atoms with E-state index in [-0.39, 0.29) is 31.2 Å². The van der Waals surface area contributed by atoms with Crippen LogP contribution < -0.4 is 16.8 Å². The molecule has 152 valence electrons. The van der Waals surface area contributed by atoms with E-state index in [0.29, 0.717) is 25.0 Å². The highest BCUT2D eigenvalue weighted by Gasteiger charge is 2.61. The lowest BCUT2D eigenvalue weighted by Crippen LogP contribution is -2.70. The number of nitrogens with zero attached hydrogens (tertiary/aromatic N) is 2. The Labute approximate surface area is 162 Å². The van der Waals surface area contributed by atoms with Crippen LogP contribution in [-0.2, 0) is 25.6 Å². The number of carbonyl (C=O) groups excluding carboxylic acids is 4. The van der Waals surface area contributed by atoms with Crippen LogP contribution >= 0.6 is 0 Å². The van der Waals surface area contributed by atoms with Crippen LogP contribution in [0.4, 0.5) is 0 Å². The molecule has 1 aromatic heterocycles. The molecule has 10 nitrogen and oxygen atoms in total. The SMILES string of the molecule is CCC1CC(=O)N[C@@H]1C(=O)[N+]1(C(=O)[C@@H](N)Cc2cnc[nH]2)CCC[C@H]1C(N)=O. The van der Waals surface area contributed by atoms with E-state index in [9.17, 15) is 19.2 Å². The zero-order chi connectivity index (χ0) is 20.5. The molecule has 6 N–H and O–H groups in total. The smallest absolute Gasteiger partial charge is 0.344 e. The van der Waals surface area contributed by atoms with E-state index in [1.165, 1.54) is 6.33 Å². The van der Waals surface area contributed by atoms with Crippen molar-refractivity contribution in [2.24, 2.45) is 17.4 Å². The lowest BCUT2D eigenvalue weighted by molar-refractivity contribution is -0.783. The minimum atomic E-state index is -1.01.